The average molecular weight is 474 g/mol. The lowest BCUT2D eigenvalue weighted by Gasteiger charge is -2.34. The highest BCUT2D eigenvalue weighted by Gasteiger charge is 2.40. The van der Waals surface area contributed by atoms with E-state index in [2.05, 4.69) is 15.2 Å². The van der Waals surface area contributed by atoms with Crippen molar-refractivity contribution in [1.82, 2.24) is 24.5 Å². The monoisotopic (exact) mass is 473 g/mol. The van der Waals surface area contributed by atoms with Gasteiger partial charge in [-0.05, 0) is 36.8 Å². The molecule has 2 atom stereocenters. The van der Waals surface area contributed by atoms with Crippen molar-refractivity contribution < 1.29 is 18.6 Å². The molecule has 0 unspecified atom stereocenters. The molecular formula is C23H22ClF2N5O2. The Balaban J connectivity index is 1.49. The van der Waals surface area contributed by atoms with Crippen LogP contribution in [0.15, 0.2) is 67.4 Å². The van der Waals surface area contributed by atoms with Crippen LogP contribution in [0.5, 0.6) is 0 Å². The SMILES string of the molecule is C[C@@H](OCc1ccn(Cc2cccc(Cl)c2)n1)[C@](O)(Cn1cncn1)c1ccc(F)cc1F. The first-order valence-corrected chi connectivity index (χ1v) is 10.6. The van der Waals surface area contributed by atoms with Crippen LogP contribution in [0.25, 0.3) is 0 Å². The Morgan fingerprint density at radius 2 is 2.00 bits per heavy atom. The summed E-state index contributed by atoms with van der Waals surface area (Å²) in [6, 6.07) is 12.3. The Morgan fingerprint density at radius 1 is 1.15 bits per heavy atom. The molecule has 0 aliphatic rings. The van der Waals surface area contributed by atoms with E-state index in [4.69, 9.17) is 16.3 Å². The Morgan fingerprint density at radius 3 is 2.73 bits per heavy atom. The molecule has 4 rings (SSSR count). The van der Waals surface area contributed by atoms with E-state index in [0.29, 0.717) is 17.3 Å². The molecule has 0 aliphatic carbocycles. The van der Waals surface area contributed by atoms with E-state index in [1.165, 1.54) is 23.4 Å². The van der Waals surface area contributed by atoms with Crippen LogP contribution in [0.3, 0.4) is 0 Å². The summed E-state index contributed by atoms with van der Waals surface area (Å²) in [4.78, 5) is 3.86. The second-order valence-corrected chi connectivity index (χ2v) is 8.17. The fourth-order valence-corrected chi connectivity index (χ4v) is 3.79. The van der Waals surface area contributed by atoms with Crippen molar-refractivity contribution in [3.63, 3.8) is 0 Å². The first-order valence-electron chi connectivity index (χ1n) is 10.2. The van der Waals surface area contributed by atoms with Gasteiger partial charge in [-0.15, -0.1) is 0 Å². The van der Waals surface area contributed by atoms with Crippen LogP contribution in [-0.2, 0) is 30.0 Å². The van der Waals surface area contributed by atoms with E-state index in [1.54, 1.807) is 23.7 Å². The average Bonchev–Trinajstić information content (AvgIpc) is 3.44. The van der Waals surface area contributed by atoms with Crippen molar-refractivity contribution in [3.8, 4) is 0 Å². The number of aliphatic hydroxyl groups is 1. The third-order valence-corrected chi connectivity index (χ3v) is 5.59. The van der Waals surface area contributed by atoms with Crippen LogP contribution in [-0.4, -0.2) is 35.8 Å². The van der Waals surface area contributed by atoms with Gasteiger partial charge >= 0.3 is 0 Å². The molecule has 0 amide bonds. The van der Waals surface area contributed by atoms with Crippen LogP contribution >= 0.6 is 11.6 Å². The number of benzene rings is 2. The fraction of sp³-hybridized carbons (Fsp3) is 0.261. The minimum absolute atomic E-state index is 0.0756. The standard InChI is InChI=1S/C23H22ClF2N5O2/c1-16(33-12-20-7-8-30(29-20)11-17-3-2-4-18(24)9-17)23(32,13-31-15-27-14-28-31)21-6-5-19(25)10-22(21)26/h2-10,14-16,32H,11-13H2,1H3/t16-,23-/m1/s1. The molecule has 0 bridgehead atoms. The van der Waals surface area contributed by atoms with Gasteiger partial charge in [0.2, 0.25) is 0 Å². The Hall–Kier alpha value is -3.14. The zero-order valence-electron chi connectivity index (χ0n) is 17.8. The molecule has 33 heavy (non-hydrogen) atoms. The number of ether oxygens (including phenoxy) is 1. The zero-order valence-corrected chi connectivity index (χ0v) is 18.5. The minimum Gasteiger partial charge on any atom is -0.380 e. The third-order valence-electron chi connectivity index (χ3n) is 5.35. The molecule has 7 nitrogen and oxygen atoms in total. The van der Waals surface area contributed by atoms with Gasteiger partial charge in [0.25, 0.3) is 0 Å². The summed E-state index contributed by atoms with van der Waals surface area (Å²) in [5.41, 5.74) is -0.306. The Bertz CT molecular complexity index is 1220. The van der Waals surface area contributed by atoms with Crippen LogP contribution in [0.4, 0.5) is 8.78 Å². The van der Waals surface area contributed by atoms with Crippen LogP contribution in [0, 0.1) is 11.6 Å². The summed E-state index contributed by atoms with van der Waals surface area (Å²) < 4.78 is 37.1. The second kappa shape index (κ2) is 9.78. The molecule has 0 aliphatic heterocycles. The predicted molar refractivity (Wildman–Crippen MR) is 117 cm³/mol. The highest BCUT2D eigenvalue weighted by Crippen LogP contribution is 2.32. The molecule has 2 aromatic carbocycles. The molecule has 2 heterocycles. The lowest BCUT2D eigenvalue weighted by Crippen LogP contribution is -2.44. The van der Waals surface area contributed by atoms with E-state index in [0.717, 1.165) is 17.7 Å². The van der Waals surface area contributed by atoms with Crippen molar-refractivity contribution in [2.75, 3.05) is 0 Å². The van der Waals surface area contributed by atoms with E-state index >= 15 is 0 Å². The maximum atomic E-state index is 14.6. The molecule has 0 saturated heterocycles. The van der Waals surface area contributed by atoms with Crippen molar-refractivity contribution in [1.29, 1.82) is 0 Å². The summed E-state index contributed by atoms with van der Waals surface area (Å²) >= 11 is 6.03. The number of hydrogen-bond acceptors (Lipinski definition) is 5. The molecule has 0 spiro atoms. The van der Waals surface area contributed by atoms with Gasteiger partial charge in [-0.3, -0.25) is 4.68 Å². The zero-order chi connectivity index (χ0) is 23.4. The molecule has 4 aromatic rings. The van der Waals surface area contributed by atoms with Crippen LogP contribution < -0.4 is 0 Å². The topological polar surface area (TPSA) is 78.0 Å². The molecule has 0 fully saturated rings. The van der Waals surface area contributed by atoms with E-state index in [-0.39, 0.29) is 18.7 Å². The number of halogens is 3. The van der Waals surface area contributed by atoms with Gasteiger partial charge in [-0.2, -0.15) is 10.2 Å². The molecule has 10 heteroatoms. The van der Waals surface area contributed by atoms with Gasteiger partial charge in [0.1, 0.15) is 29.9 Å². The summed E-state index contributed by atoms with van der Waals surface area (Å²) in [5.74, 6) is -1.61. The van der Waals surface area contributed by atoms with Gasteiger partial charge in [0.15, 0.2) is 0 Å². The first kappa shape index (κ1) is 23.0. The molecular weight excluding hydrogens is 452 g/mol. The van der Waals surface area contributed by atoms with E-state index in [9.17, 15) is 13.9 Å². The van der Waals surface area contributed by atoms with Crippen molar-refractivity contribution in [2.24, 2.45) is 0 Å². The third kappa shape index (κ3) is 5.44. The Labute approximate surface area is 194 Å². The smallest absolute Gasteiger partial charge is 0.138 e. The number of aromatic nitrogens is 5. The van der Waals surface area contributed by atoms with Crippen LogP contribution in [0.2, 0.25) is 5.02 Å². The summed E-state index contributed by atoms with van der Waals surface area (Å²) in [6.45, 7) is 2.09. The molecule has 0 saturated carbocycles. The van der Waals surface area contributed by atoms with Gasteiger partial charge in [-0.1, -0.05) is 29.8 Å². The number of hydrogen-bond donors (Lipinski definition) is 1. The maximum Gasteiger partial charge on any atom is 0.138 e. The highest BCUT2D eigenvalue weighted by atomic mass is 35.5. The Kier molecular flexibility index (Phi) is 6.83. The van der Waals surface area contributed by atoms with Gasteiger partial charge in [0.05, 0.1) is 31.5 Å². The van der Waals surface area contributed by atoms with E-state index < -0.39 is 23.3 Å². The quantitative estimate of drug-likeness (QED) is 0.398. The normalized spacial score (nSPS) is 14.2. The van der Waals surface area contributed by atoms with Gasteiger partial charge in [-0.25, -0.2) is 18.4 Å². The molecule has 2 aromatic heterocycles. The number of nitrogens with zero attached hydrogens (tertiary/aromatic N) is 5. The molecule has 172 valence electrons. The van der Waals surface area contributed by atoms with Gasteiger partial charge in [0, 0.05) is 22.8 Å². The number of rotatable bonds is 9. The van der Waals surface area contributed by atoms with Crippen molar-refractivity contribution in [3.05, 3.63) is 101 Å². The predicted octanol–water partition coefficient (Wildman–Crippen LogP) is 3.95. The summed E-state index contributed by atoms with van der Waals surface area (Å²) in [7, 11) is 0. The molecule has 0 radical (unpaired) electrons. The first-order chi connectivity index (χ1) is 15.8. The van der Waals surface area contributed by atoms with Gasteiger partial charge < -0.3 is 9.84 Å². The minimum atomic E-state index is -1.84. The second-order valence-electron chi connectivity index (χ2n) is 7.73. The molecule has 1 N–H and O–H groups in total. The van der Waals surface area contributed by atoms with Crippen LogP contribution in [0.1, 0.15) is 23.7 Å². The summed E-state index contributed by atoms with van der Waals surface area (Å²) in [5, 5.41) is 20.6. The van der Waals surface area contributed by atoms with Crippen molar-refractivity contribution in [2.45, 2.75) is 38.3 Å². The lowest BCUT2D eigenvalue weighted by atomic mass is 9.88. The largest absolute Gasteiger partial charge is 0.380 e. The summed E-state index contributed by atoms with van der Waals surface area (Å²) in [6.07, 6.45) is 3.63. The van der Waals surface area contributed by atoms with Crippen molar-refractivity contribution >= 4 is 11.6 Å². The maximum absolute atomic E-state index is 14.6. The highest BCUT2D eigenvalue weighted by molar-refractivity contribution is 6.30. The van der Waals surface area contributed by atoms with E-state index in [1.807, 2.05) is 24.4 Å². The lowest BCUT2D eigenvalue weighted by molar-refractivity contribution is -0.124. The fourth-order valence-electron chi connectivity index (χ4n) is 3.57.